The lowest BCUT2D eigenvalue weighted by atomic mass is 10.0. The van der Waals surface area contributed by atoms with Crippen LogP contribution < -0.4 is 10.5 Å². The van der Waals surface area contributed by atoms with E-state index in [1.807, 2.05) is 22.8 Å². The van der Waals surface area contributed by atoms with Crippen molar-refractivity contribution in [1.29, 1.82) is 0 Å². The quantitative estimate of drug-likeness (QED) is 0.385. The summed E-state index contributed by atoms with van der Waals surface area (Å²) in [5.41, 5.74) is 8.88. The summed E-state index contributed by atoms with van der Waals surface area (Å²) in [5, 5.41) is 1.36. The molecule has 0 atom stereocenters. The van der Waals surface area contributed by atoms with Crippen molar-refractivity contribution in [3.8, 4) is 5.75 Å². The molecule has 0 aliphatic rings. The number of amides is 1. The summed E-state index contributed by atoms with van der Waals surface area (Å²) in [7, 11) is 0. The zero-order valence-corrected chi connectivity index (χ0v) is 17.5. The van der Waals surface area contributed by atoms with Crippen LogP contribution in [0.3, 0.4) is 0 Å². The molecule has 4 nitrogen and oxygen atoms in total. The van der Waals surface area contributed by atoms with Gasteiger partial charge in [0.05, 0.1) is 17.6 Å². The molecule has 0 fully saturated rings. The number of rotatable bonds is 7. The van der Waals surface area contributed by atoms with Crippen LogP contribution in [0.5, 0.6) is 5.75 Å². The van der Waals surface area contributed by atoms with Gasteiger partial charge < -0.3 is 15.0 Å². The van der Waals surface area contributed by atoms with Gasteiger partial charge in [-0.1, -0.05) is 43.7 Å². The molecule has 1 aromatic heterocycles. The van der Waals surface area contributed by atoms with Crippen LogP contribution in [0.4, 0.5) is 13.2 Å². The average Bonchev–Trinajstić information content (AvgIpc) is 3.05. The minimum Gasteiger partial charge on any atom is -0.405 e. The molecule has 1 radical (unpaired) electrons. The zero-order chi connectivity index (χ0) is 22.9. The second-order valence-corrected chi connectivity index (χ2v) is 7.68. The summed E-state index contributed by atoms with van der Waals surface area (Å²) in [4.78, 5) is 12.1. The first-order valence-electron chi connectivity index (χ1n) is 10.4. The summed E-state index contributed by atoms with van der Waals surface area (Å²) < 4.78 is 44.9. The number of para-hydroxylation sites is 1. The summed E-state index contributed by atoms with van der Waals surface area (Å²) in [6.07, 6.45) is -1.89. The van der Waals surface area contributed by atoms with Crippen LogP contribution in [-0.4, -0.2) is 16.8 Å². The highest BCUT2D eigenvalue weighted by Crippen LogP contribution is 2.34. The van der Waals surface area contributed by atoms with Crippen molar-refractivity contribution < 1.29 is 22.7 Å². The number of hydrogen-bond donors (Lipinski definition) is 1. The van der Waals surface area contributed by atoms with E-state index in [1.165, 1.54) is 12.1 Å². The third-order valence-corrected chi connectivity index (χ3v) is 5.47. The number of nitrogens with zero attached hydrogens (tertiary/aromatic N) is 1. The molecule has 0 bridgehead atoms. The monoisotopic (exact) mass is 439 g/mol. The minimum absolute atomic E-state index is 0.125. The van der Waals surface area contributed by atoms with Crippen LogP contribution >= 0.6 is 0 Å². The van der Waals surface area contributed by atoms with E-state index in [2.05, 4.69) is 17.7 Å². The third kappa shape index (κ3) is 4.28. The Labute approximate surface area is 183 Å². The summed E-state index contributed by atoms with van der Waals surface area (Å²) in [6, 6.07) is 18.5. The number of fused-ring (bicyclic) bond motifs is 3. The van der Waals surface area contributed by atoms with Crippen molar-refractivity contribution in [1.82, 2.24) is 4.57 Å². The Hall–Kier alpha value is -3.48. The molecule has 0 saturated heterocycles. The number of alkyl halides is 3. The van der Waals surface area contributed by atoms with Gasteiger partial charge in [-0.25, -0.2) is 0 Å². The van der Waals surface area contributed by atoms with E-state index in [4.69, 9.17) is 5.73 Å². The van der Waals surface area contributed by atoms with Crippen molar-refractivity contribution in [3.63, 3.8) is 0 Å². The van der Waals surface area contributed by atoms with Gasteiger partial charge in [0.1, 0.15) is 5.75 Å². The second-order valence-electron chi connectivity index (χ2n) is 7.68. The van der Waals surface area contributed by atoms with E-state index >= 15 is 0 Å². The van der Waals surface area contributed by atoms with Gasteiger partial charge in [-0.2, -0.15) is 0 Å². The van der Waals surface area contributed by atoms with Gasteiger partial charge in [-0.3, -0.25) is 4.79 Å². The number of primary amides is 1. The number of carbonyl (C=O) groups excluding carboxylic acids is 1. The first-order valence-corrected chi connectivity index (χ1v) is 10.4. The first-order chi connectivity index (χ1) is 15.3. The molecule has 0 aliphatic carbocycles. The van der Waals surface area contributed by atoms with Gasteiger partial charge >= 0.3 is 6.36 Å². The summed E-state index contributed by atoms with van der Waals surface area (Å²) in [5.74, 6) is -0.828. The van der Waals surface area contributed by atoms with E-state index in [0.29, 0.717) is 27.4 Å². The van der Waals surface area contributed by atoms with E-state index in [-0.39, 0.29) is 12.3 Å². The maximum atomic E-state index is 12.9. The number of carbonyl (C=O) groups is 1. The van der Waals surface area contributed by atoms with Crippen molar-refractivity contribution in [2.45, 2.75) is 39.1 Å². The molecule has 3 aromatic carbocycles. The largest absolute Gasteiger partial charge is 0.573 e. The number of aryl methyl sites for hydroxylation is 1. The first kappa shape index (κ1) is 21.7. The Morgan fingerprint density at radius 3 is 2.62 bits per heavy atom. The highest BCUT2D eigenvalue weighted by Gasteiger charge is 2.32. The van der Waals surface area contributed by atoms with Crippen LogP contribution in [0.2, 0.25) is 0 Å². The molecule has 0 aliphatic heterocycles. The molecule has 4 aromatic rings. The van der Waals surface area contributed by atoms with Crippen LogP contribution in [-0.2, 0) is 13.0 Å². The highest BCUT2D eigenvalue weighted by molar-refractivity contribution is 6.17. The van der Waals surface area contributed by atoms with Gasteiger partial charge in [-0.15, -0.1) is 13.2 Å². The molecular formula is C25H22F3N2O2. The van der Waals surface area contributed by atoms with Gasteiger partial charge in [0.15, 0.2) is 0 Å². The summed E-state index contributed by atoms with van der Waals surface area (Å²) >= 11 is 0. The molecule has 32 heavy (non-hydrogen) atoms. The SMILES string of the molecule is CCCCc1c[c]c2c3c(C(N)=O)cccc3n(Cc3ccccc3OC(F)(F)F)c2c1. The van der Waals surface area contributed by atoms with Crippen molar-refractivity contribution in [2.24, 2.45) is 5.73 Å². The molecule has 7 heteroatoms. The van der Waals surface area contributed by atoms with Crippen molar-refractivity contribution in [3.05, 3.63) is 77.4 Å². The third-order valence-electron chi connectivity index (χ3n) is 5.47. The minimum atomic E-state index is -4.79. The maximum Gasteiger partial charge on any atom is 0.573 e. The Bertz CT molecular complexity index is 1290. The number of unbranched alkanes of at least 4 members (excludes halogenated alkanes) is 1. The van der Waals surface area contributed by atoms with Gasteiger partial charge in [-0.05, 0) is 48.7 Å². The lowest BCUT2D eigenvalue weighted by Crippen LogP contribution is -2.18. The Balaban J connectivity index is 1.93. The highest BCUT2D eigenvalue weighted by atomic mass is 19.4. The molecule has 0 unspecified atom stereocenters. The van der Waals surface area contributed by atoms with Crippen LogP contribution in [0.1, 0.15) is 41.3 Å². The van der Waals surface area contributed by atoms with Gasteiger partial charge in [0.2, 0.25) is 5.91 Å². The van der Waals surface area contributed by atoms with Crippen molar-refractivity contribution >= 4 is 27.7 Å². The Kier molecular flexibility index (Phi) is 5.82. The number of halogens is 3. The van der Waals surface area contributed by atoms with Crippen molar-refractivity contribution in [2.75, 3.05) is 0 Å². The molecule has 0 saturated carbocycles. The molecule has 2 N–H and O–H groups in total. The normalized spacial score (nSPS) is 11.9. The van der Waals surface area contributed by atoms with Gasteiger partial charge in [0.25, 0.3) is 0 Å². The molecule has 0 spiro atoms. The predicted octanol–water partition coefficient (Wildman–Crippen LogP) is 5.98. The molecular weight excluding hydrogens is 417 g/mol. The maximum absolute atomic E-state index is 12.9. The fraction of sp³-hybridized carbons (Fsp3) is 0.240. The Morgan fingerprint density at radius 1 is 1.12 bits per heavy atom. The smallest absolute Gasteiger partial charge is 0.405 e. The number of hydrogen-bond acceptors (Lipinski definition) is 2. The molecule has 4 rings (SSSR count). The lowest BCUT2D eigenvalue weighted by Gasteiger charge is -2.15. The predicted molar refractivity (Wildman–Crippen MR) is 118 cm³/mol. The van der Waals surface area contributed by atoms with E-state index < -0.39 is 12.3 Å². The van der Waals surface area contributed by atoms with E-state index in [1.54, 1.807) is 24.3 Å². The lowest BCUT2D eigenvalue weighted by molar-refractivity contribution is -0.274. The molecule has 1 heterocycles. The van der Waals surface area contributed by atoms with Gasteiger partial charge in [0, 0.05) is 21.9 Å². The number of nitrogens with two attached hydrogens (primary N) is 1. The standard InChI is InChI=1S/C25H22F3N2O2/c1-2-3-7-16-12-13-18-21(14-16)30(20-10-6-9-19(23(18)20)24(29)31)15-17-8-4-5-11-22(17)32-25(26,27)28/h4-6,8-12,14H,2-3,7,15H2,1H3,(H2,29,31). The average molecular weight is 439 g/mol. The molecule has 1 amide bonds. The number of ether oxygens (including phenoxy) is 1. The number of benzene rings is 3. The Morgan fingerprint density at radius 2 is 1.91 bits per heavy atom. The van der Waals surface area contributed by atoms with Crippen LogP contribution in [0.15, 0.2) is 54.6 Å². The fourth-order valence-electron chi connectivity index (χ4n) is 4.03. The van der Waals surface area contributed by atoms with E-state index in [9.17, 15) is 18.0 Å². The zero-order valence-electron chi connectivity index (χ0n) is 17.5. The fourth-order valence-corrected chi connectivity index (χ4v) is 4.03. The van der Waals surface area contributed by atoms with Crippen LogP contribution in [0.25, 0.3) is 21.8 Å². The van der Waals surface area contributed by atoms with E-state index in [0.717, 1.165) is 30.3 Å². The number of aromatic nitrogens is 1. The van der Waals surface area contributed by atoms with Crippen LogP contribution in [0, 0.1) is 6.07 Å². The summed E-state index contributed by atoms with van der Waals surface area (Å²) in [6.45, 7) is 2.23. The topological polar surface area (TPSA) is 57.2 Å². The second kappa shape index (κ2) is 8.57. The molecule has 165 valence electrons.